The summed E-state index contributed by atoms with van der Waals surface area (Å²) in [5, 5.41) is 1.94. The number of nitrogens with zero attached hydrogens (tertiary/aromatic N) is 4. The van der Waals surface area contributed by atoms with Crippen molar-refractivity contribution in [3.8, 4) is 0 Å². The maximum absolute atomic E-state index is 12.4. The van der Waals surface area contributed by atoms with E-state index in [0.29, 0.717) is 0 Å². The molecule has 0 saturated carbocycles. The van der Waals surface area contributed by atoms with E-state index in [1.54, 1.807) is 41.1 Å². The molecule has 0 spiro atoms. The molecule has 8 nitrogen and oxygen atoms in total. The highest BCUT2D eigenvalue weighted by atomic mass is 79.9. The monoisotopic (exact) mass is 392 g/mol. The van der Waals surface area contributed by atoms with E-state index >= 15 is 0 Å². The van der Waals surface area contributed by atoms with E-state index in [9.17, 15) is 4.79 Å². The summed E-state index contributed by atoms with van der Waals surface area (Å²) < 4.78 is 6.30. The Hall–Kier alpha value is -1.23. The van der Waals surface area contributed by atoms with Crippen molar-refractivity contribution in [3.63, 3.8) is 0 Å². The number of rotatable bonds is 3. The summed E-state index contributed by atoms with van der Waals surface area (Å²) in [6.07, 6.45) is 1.15. The van der Waals surface area contributed by atoms with Gasteiger partial charge in [-0.25, -0.2) is 14.7 Å². The van der Waals surface area contributed by atoms with Gasteiger partial charge in [-0.3, -0.25) is 16.3 Å². The molecule has 1 heterocycles. The third-order valence-corrected chi connectivity index (χ3v) is 3.64. The summed E-state index contributed by atoms with van der Waals surface area (Å²) in [7, 11) is 3.15. The number of amides is 1. The second-order valence-corrected chi connectivity index (χ2v) is 7.89. The highest BCUT2D eigenvalue weighted by molar-refractivity contribution is 9.11. The lowest BCUT2D eigenvalue weighted by Gasteiger charge is -2.28. The Bertz CT molecular complexity index is 540. The molecule has 10 heteroatoms. The molecule has 3 N–H and O–H groups in total. The van der Waals surface area contributed by atoms with Gasteiger partial charge < -0.3 is 4.74 Å². The molecule has 0 atom stereocenters. The van der Waals surface area contributed by atoms with E-state index in [1.165, 1.54) is 21.4 Å². The van der Waals surface area contributed by atoms with E-state index in [4.69, 9.17) is 10.6 Å². The Balaban J connectivity index is 3.00. The molecule has 0 aliphatic carbocycles. The first kappa shape index (κ1) is 18.8. The number of thiazole rings is 1. The molecule has 0 aliphatic heterocycles. The number of ether oxygens (including phenoxy) is 1. The van der Waals surface area contributed by atoms with Crippen LogP contribution >= 0.6 is 27.3 Å². The van der Waals surface area contributed by atoms with Crippen molar-refractivity contribution in [1.29, 1.82) is 0 Å². The number of guanidine groups is 1. The maximum atomic E-state index is 12.4. The van der Waals surface area contributed by atoms with Gasteiger partial charge in [0.2, 0.25) is 5.96 Å². The van der Waals surface area contributed by atoms with E-state index in [0.717, 1.165) is 8.79 Å². The first-order chi connectivity index (χ1) is 10.1. The van der Waals surface area contributed by atoms with Crippen LogP contribution in [0, 0.1) is 0 Å². The Morgan fingerprint density at radius 2 is 2.23 bits per heavy atom. The first-order valence-corrected chi connectivity index (χ1v) is 8.06. The second kappa shape index (κ2) is 7.86. The Morgan fingerprint density at radius 1 is 1.59 bits per heavy atom. The van der Waals surface area contributed by atoms with Crippen LogP contribution in [0.1, 0.15) is 25.8 Å². The van der Waals surface area contributed by atoms with Crippen LogP contribution in [0.15, 0.2) is 15.0 Å². The molecule has 1 rings (SSSR count). The molecule has 1 amide bonds. The number of halogens is 1. The van der Waals surface area contributed by atoms with Crippen LogP contribution in [0.2, 0.25) is 0 Å². The Morgan fingerprint density at radius 3 is 2.64 bits per heavy atom. The van der Waals surface area contributed by atoms with Gasteiger partial charge in [0.25, 0.3) is 0 Å². The Kier molecular flexibility index (Phi) is 6.72. The van der Waals surface area contributed by atoms with Gasteiger partial charge in [0.1, 0.15) is 10.6 Å². The van der Waals surface area contributed by atoms with Crippen LogP contribution < -0.4 is 11.3 Å². The minimum Gasteiger partial charge on any atom is -0.443 e. The number of nitrogens with two attached hydrogens (primary N) is 1. The van der Waals surface area contributed by atoms with E-state index < -0.39 is 11.7 Å². The summed E-state index contributed by atoms with van der Waals surface area (Å²) >= 11 is 4.78. The lowest BCUT2D eigenvalue weighted by molar-refractivity contribution is 0.0345. The maximum Gasteiger partial charge on any atom is 0.417 e. The fourth-order valence-electron chi connectivity index (χ4n) is 1.43. The van der Waals surface area contributed by atoms with Gasteiger partial charge in [-0.2, -0.15) is 5.12 Å². The fourth-order valence-corrected chi connectivity index (χ4v) is 2.72. The van der Waals surface area contributed by atoms with E-state index in [2.05, 4.69) is 31.3 Å². The molecular formula is C12H21BrN6O2S. The number of aliphatic imine (C=N–C) groups is 1. The molecule has 22 heavy (non-hydrogen) atoms. The normalized spacial score (nSPS) is 12.5. The molecule has 0 fully saturated rings. The summed E-state index contributed by atoms with van der Waals surface area (Å²) in [6.45, 7) is 5.62. The molecule has 1 aromatic heterocycles. The van der Waals surface area contributed by atoms with Gasteiger partial charge in [0.05, 0.1) is 16.5 Å². The van der Waals surface area contributed by atoms with E-state index in [-0.39, 0.29) is 12.5 Å². The van der Waals surface area contributed by atoms with Crippen LogP contribution in [0.5, 0.6) is 0 Å². The predicted octanol–water partition coefficient (Wildman–Crippen LogP) is 1.94. The zero-order valence-corrected chi connectivity index (χ0v) is 15.7. The molecule has 0 aliphatic rings. The van der Waals surface area contributed by atoms with Gasteiger partial charge in [-0.15, -0.1) is 11.3 Å². The summed E-state index contributed by atoms with van der Waals surface area (Å²) in [5.74, 6) is 5.84. The van der Waals surface area contributed by atoms with Gasteiger partial charge in [-0.1, -0.05) is 0 Å². The highest BCUT2D eigenvalue weighted by Gasteiger charge is 2.27. The quantitative estimate of drug-likeness (QED) is 0.353. The third kappa shape index (κ3) is 6.26. The third-order valence-electron chi connectivity index (χ3n) is 2.18. The first-order valence-electron chi connectivity index (χ1n) is 6.45. The van der Waals surface area contributed by atoms with Crippen molar-refractivity contribution in [1.82, 2.24) is 20.4 Å². The van der Waals surface area contributed by atoms with Gasteiger partial charge >= 0.3 is 6.09 Å². The van der Waals surface area contributed by atoms with Crippen LogP contribution in [0.4, 0.5) is 4.79 Å². The topological polar surface area (TPSA) is 96.1 Å². The lowest BCUT2D eigenvalue weighted by atomic mass is 10.2. The summed E-state index contributed by atoms with van der Waals surface area (Å²) in [5.41, 5.74) is 2.16. The van der Waals surface area contributed by atoms with Crippen LogP contribution in [-0.2, 0) is 11.3 Å². The molecule has 1 aromatic rings. The molecule has 0 radical (unpaired) electrons. The van der Waals surface area contributed by atoms with Gasteiger partial charge in [0.15, 0.2) is 0 Å². The smallest absolute Gasteiger partial charge is 0.417 e. The molecule has 0 saturated heterocycles. The number of nitrogens with one attached hydrogen (secondary N) is 1. The zero-order chi connectivity index (χ0) is 16.9. The van der Waals surface area contributed by atoms with Crippen molar-refractivity contribution in [2.75, 3.05) is 14.1 Å². The number of hydrazine groups is 2. The average Bonchev–Trinajstić information content (AvgIpc) is 2.76. The van der Waals surface area contributed by atoms with Gasteiger partial charge in [-0.05, 0) is 36.7 Å². The molecule has 124 valence electrons. The van der Waals surface area contributed by atoms with Crippen LogP contribution in [0.25, 0.3) is 0 Å². The van der Waals surface area contributed by atoms with Crippen molar-refractivity contribution in [2.45, 2.75) is 32.9 Å². The largest absolute Gasteiger partial charge is 0.443 e. The van der Waals surface area contributed by atoms with E-state index in [1.807, 2.05) is 0 Å². The minimum atomic E-state index is -0.619. The zero-order valence-electron chi connectivity index (χ0n) is 13.3. The van der Waals surface area contributed by atoms with Crippen molar-refractivity contribution in [2.24, 2.45) is 10.8 Å². The van der Waals surface area contributed by atoms with Crippen LogP contribution in [-0.4, -0.2) is 46.8 Å². The highest BCUT2D eigenvalue weighted by Crippen LogP contribution is 2.21. The molecule has 0 aromatic carbocycles. The second-order valence-electron chi connectivity index (χ2n) is 5.39. The lowest BCUT2D eigenvalue weighted by Crippen LogP contribution is -2.53. The van der Waals surface area contributed by atoms with Gasteiger partial charge in [0, 0.05) is 14.1 Å². The number of hydrogen-bond acceptors (Lipinski definition) is 7. The molecular weight excluding hydrogens is 372 g/mol. The molecule has 0 unspecified atom stereocenters. The standard InChI is InChI=1S/C12H21BrN6O2S/c1-12(2,3)21-11(20)19(10(15-4)17-18(5)14)7-9-16-6-8(13)22-9/h6H,7,14H2,1-5H3,(H,15,17). The Labute approximate surface area is 142 Å². The summed E-state index contributed by atoms with van der Waals surface area (Å²) in [6, 6.07) is 0. The minimum absolute atomic E-state index is 0.221. The predicted molar refractivity (Wildman–Crippen MR) is 90.0 cm³/mol. The number of carbonyl (C=O) groups excluding carboxylic acids is 1. The number of aromatic nitrogens is 1. The number of carbonyl (C=O) groups is 1. The van der Waals surface area contributed by atoms with Crippen molar-refractivity contribution >= 4 is 39.3 Å². The fraction of sp³-hybridized carbons (Fsp3) is 0.583. The average molecular weight is 393 g/mol. The summed E-state index contributed by atoms with van der Waals surface area (Å²) in [4.78, 5) is 22.1. The molecule has 0 bridgehead atoms. The van der Waals surface area contributed by atoms with Crippen LogP contribution in [0.3, 0.4) is 0 Å². The number of hydrogen-bond donors (Lipinski definition) is 2. The van der Waals surface area contributed by atoms with Crippen molar-refractivity contribution in [3.05, 3.63) is 15.0 Å². The van der Waals surface area contributed by atoms with Crippen molar-refractivity contribution < 1.29 is 9.53 Å². The SMILES string of the molecule is CN=C(NN(C)N)N(Cc1ncc(Br)s1)C(=O)OC(C)(C)C.